The van der Waals surface area contributed by atoms with Gasteiger partial charge in [-0.2, -0.15) is 0 Å². The normalized spacial score (nSPS) is 14.4. The summed E-state index contributed by atoms with van der Waals surface area (Å²) in [6.07, 6.45) is 0. The van der Waals surface area contributed by atoms with Crippen molar-refractivity contribution >= 4 is 11.6 Å². The fraction of sp³-hybridized carbons (Fsp3) is 0.304. The molecule has 0 N–H and O–H groups in total. The first-order valence-electron chi connectivity index (χ1n) is 10.4. The second-order valence-electron chi connectivity index (χ2n) is 7.72. The molecule has 0 bridgehead atoms. The van der Waals surface area contributed by atoms with E-state index >= 15 is 0 Å². The van der Waals surface area contributed by atoms with Crippen LogP contribution in [-0.4, -0.2) is 52.0 Å². The van der Waals surface area contributed by atoms with Gasteiger partial charge in [0.15, 0.2) is 0 Å². The van der Waals surface area contributed by atoms with Crippen molar-refractivity contribution in [3.8, 4) is 11.5 Å². The lowest BCUT2D eigenvalue weighted by Gasteiger charge is -2.34. The molecule has 0 radical (unpaired) electrons. The largest absolute Gasteiger partial charge is 0.457 e. The summed E-state index contributed by atoms with van der Waals surface area (Å²) in [7, 11) is 0. The maximum absolute atomic E-state index is 13.3. The fourth-order valence-corrected chi connectivity index (χ4v) is 3.73. The number of nitro benzene ring substituents is 1. The third-order valence-electron chi connectivity index (χ3n) is 5.60. The van der Waals surface area contributed by atoms with E-state index in [9.17, 15) is 14.9 Å². The highest BCUT2D eigenvalue weighted by Gasteiger charge is 2.27. The van der Waals surface area contributed by atoms with Crippen molar-refractivity contribution in [1.29, 1.82) is 0 Å². The van der Waals surface area contributed by atoms with Crippen molar-refractivity contribution in [2.24, 2.45) is 0 Å². The minimum absolute atomic E-state index is 0.147. The summed E-state index contributed by atoms with van der Waals surface area (Å²) < 4.78 is 11.1. The van der Waals surface area contributed by atoms with Gasteiger partial charge in [-0.15, -0.1) is 0 Å². The van der Waals surface area contributed by atoms with Gasteiger partial charge in [-0.3, -0.25) is 19.8 Å². The van der Waals surface area contributed by atoms with Crippen LogP contribution in [0.2, 0.25) is 0 Å². The fourth-order valence-electron chi connectivity index (χ4n) is 3.73. The number of non-ortho nitro benzene ring substituents is 1. The third kappa shape index (κ3) is 4.62. The van der Waals surface area contributed by atoms with Gasteiger partial charge in [0.05, 0.1) is 16.2 Å². The van der Waals surface area contributed by atoms with Gasteiger partial charge in [0, 0.05) is 50.4 Å². The van der Waals surface area contributed by atoms with Gasteiger partial charge >= 0.3 is 0 Å². The molecule has 1 aromatic heterocycles. The number of aromatic nitrogens is 1. The van der Waals surface area contributed by atoms with E-state index in [1.54, 1.807) is 17.0 Å². The Kier molecular flexibility index (Phi) is 6.18. The molecule has 1 saturated heterocycles. The van der Waals surface area contributed by atoms with Crippen LogP contribution in [0.1, 0.15) is 27.4 Å². The van der Waals surface area contributed by atoms with Crippen LogP contribution in [0.3, 0.4) is 0 Å². The molecule has 9 heteroatoms. The van der Waals surface area contributed by atoms with E-state index in [0.29, 0.717) is 44.2 Å². The van der Waals surface area contributed by atoms with Gasteiger partial charge in [0.25, 0.3) is 11.6 Å². The number of piperazine rings is 1. The van der Waals surface area contributed by atoms with Crippen molar-refractivity contribution in [2.45, 2.75) is 20.4 Å². The Morgan fingerprint density at radius 3 is 2.47 bits per heavy atom. The Labute approximate surface area is 185 Å². The number of amides is 1. The summed E-state index contributed by atoms with van der Waals surface area (Å²) in [5.41, 5.74) is 1.98. The van der Waals surface area contributed by atoms with Gasteiger partial charge in [0.2, 0.25) is 0 Å². The Balaban J connectivity index is 1.49. The van der Waals surface area contributed by atoms with Gasteiger partial charge in [0.1, 0.15) is 17.3 Å². The zero-order valence-corrected chi connectivity index (χ0v) is 18.0. The average Bonchev–Trinajstić information content (AvgIpc) is 3.12. The van der Waals surface area contributed by atoms with Crippen molar-refractivity contribution in [3.05, 3.63) is 81.2 Å². The van der Waals surface area contributed by atoms with Crippen LogP contribution in [0.5, 0.6) is 11.5 Å². The lowest BCUT2D eigenvalue weighted by atomic mass is 10.1. The zero-order valence-electron chi connectivity index (χ0n) is 18.0. The van der Waals surface area contributed by atoms with Gasteiger partial charge in [-0.1, -0.05) is 23.4 Å². The molecule has 0 aliphatic carbocycles. The SMILES string of the molecule is Cc1noc(C)c1CN1CCN(C(=O)c2cc([N+](=O)[O-])ccc2Oc2ccccc2)CC1. The van der Waals surface area contributed by atoms with Crippen LogP contribution in [0.25, 0.3) is 0 Å². The third-order valence-corrected chi connectivity index (χ3v) is 5.60. The van der Waals surface area contributed by atoms with Crippen molar-refractivity contribution in [2.75, 3.05) is 26.2 Å². The molecule has 166 valence electrons. The minimum Gasteiger partial charge on any atom is -0.457 e. The summed E-state index contributed by atoms with van der Waals surface area (Å²) in [6.45, 7) is 6.90. The molecule has 1 aliphatic heterocycles. The van der Waals surface area contributed by atoms with Crippen LogP contribution in [0.4, 0.5) is 5.69 Å². The number of benzene rings is 2. The summed E-state index contributed by atoms with van der Waals surface area (Å²) >= 11 is 0. The molecule has 2 heterocycles. The highest BCUT2D eigenvalue weighted by atomic mass is 16.6. The van der Waals surface area contributed by atoms with Crippen molar-refractivity contribution < 1.29 is 19.0 Å². The van der Waals surface area contributed by atoms with Crippen molar-refractivity contribution in [1.82, 2.24) is 15.0 Å². The molecule has 3 aromatic rings. The van der Waals surface area contributed by atoms with E-state index in [4.69, 9.17) is 9.26 Å². The van der Waals surface area contributed by atoms with Gasteiger partial charge in [-0.25, -0.2) is 0 Å². The van der Waals surface area contributed by atoms with Gasteiger partial charge in [-0.05, 0) is 32.0 Å². The lowest BCUT2D eigenvalue weighted by molar-refractivity contribution is -0.384. The first-order valence-corrected chi connectivity index (χ1v) is 10.4. The van der Waals surface area contributed by atoms with Crippen LogP contribution in [-0.2, 0) is 6.54 Å². The summed E-state index contributed by atoms with van der Waals surface area (Å²) in [4.78, 5) is 28.0. The zero-order chi connectivity index (χ0) is 22.7. The monoisotopic (exact) mass is 436 g/mol. The van der Waals surface area contributed by atoms with Crippen LogP contribution in [0.15, 0.2) is 53.1 Å². The number of nitrogens with zero attached hydrogens (tertiary/aromatic N) is 4. The van der Waals surface area contributed by atoms with Crippen LogP contribution < -0.4 is 4.74 Å². The van der Waals surface area contributed by atoms with Crippen LogP contribution >= 0.6 is 0 Å². The number of carbonyl (C=O) groups is 1. The number of rotatable bonds is 6. The predicted molar refractivity (Wildman–Crippen MR) is 117 cm³/mol. The highest BCUT2D eigenvalue weighted by Crippen LogP contribution is 2.30. The van der Waals surface area contributed by atoms with E-state index in [-0.39, 0.29) is 17.2 Å². The Hall–Kier alpha value is -3.72. The van der Waals surface area contributed by atoms with E-state index in [0.717, 1.165) is 17.0 Å². The topological polar surface area (TPSA) is 102 Å². The summed E-state index contributed by atoms with van der Waals surface area (Å²) in [6, 6.07) is 13.1. The summed E-state index contributed by atoms with van der Waals surface area (Å²) in [5.74, 6) is 1.38. The second kappa shape index (κ2) is 9.19. The first kappa shape index (κ1) is 21.5. The maximum Gasteiger partial charge on any atom is 0.270 e. The van der Waals surface area contributed by atoms with E-state index < -0.39 is 4.92 Å². The second-order valence-corrected chi connectivity index (χ2v) is 7.72. The Bertz CT molecular complexity index is 1100. The smallest absolute Gasteiger partial charge is 0.270 e. The average molecular weight is 436 g/mol. The number of carbonyl (C=O) groups excluding carboxylic acids is 1. The van der Waals surface area contributed by atoms with Crippen LogP contribution in [0, 0.1) is 24.0 Å². The lowest BCUT2D eigenvalue weighted by Crippen LogP contribution is -2.48. The number of ether oxygens (including phenoxy) is 1. The Morgan fingerprint density at radius 2 is 1.84 bits per heavy atom. The van der Waals surface area contributed by atoms with E-state index in [1.807, 2.05) is 32.0 Å². The number of aryl methyl sites for hydroxylation is 2. The minimum atomic E-state index is -0.509. The molecule has 0 saturated carbocycles. The molecule has 32 heavy (non-hydrogen) atoms. The molecule has 1 amide bonds. The maximum atomic E-state index is 13.3. The predicted octanol–water partition coefficient (Wildman–Crippen LogP) is 3.95. The molecule has 4 rings (SSSR count). The quantitative estimate of drug-likeness (QED) is 0.426. The number of nitro groups is 1. The number of hydrogen-bond donors (Lipinski definition) is 0. The molecule has 2 aromatic carbocycles. The Morgan fingerprint density at radius 1 is 1.12 bits per heavy atom. The standard InChI is InChI=1S/C23H24N4O5/c1-16-21(17(2)32-24-16)15-25-10-12-26(13-11-25)23(28)20-14-18(27(29)30)8-9-22(20)31-19-6-4-3-5-7-19/h3-9,14H,10-13,15H2,1-2H3. The molecule has 0 atom stereocenters. The molecule has 9 nitrogen and oxygen atoms in total. The molecule has 0 spiro atoms. The number of para-hydroxylation sites is 1. The molecular formula is C23H24N4O5. The number of hydrogen-bond acceptors (Lipinski definition) is 7. The van der Waals surface area contributed by atoms with Crippen molar-refractivity contribution in [3.63, 3.8) is 0 Å². The first-order chi connectivity index (χ1) is 15.4. The van der Waals surface area contributed by atoms with Gasteiger partial charge < -0.3 is 14.2 Å². The molecule has 0 unspecified atom stereocenters. The van der Waals surface area contributed by atoms with E-state index in [1.165, 1.54) is 18.2 Å². The molecule has 1 aliphatic rings. The molecule has 1 fully saturated rings. The summed E-state index contributed by atoms with van der Waals surface area (Å²) in [5, 5.41) is 15.3. The highest BCUT2D eigenvalue weighted by molar-refractivity contribution is 5.97. The van der Waals surface area contributed by atoms with E-state index in [2.05, 4.69) is 10.1 Å². The molecular weight excluding hydrogens is 412 g/mol.